The van der Waals surface area contributed by atoms with Crippen molar-refractivity contribution in [2.75, 3.05) is 11.9 Å². The number of carbonyl (C=O) groups excluding carboxylic acids is 2. The molecule has 0 aliphatic carbocycles. The molecule has 0 spiro atoms. The first-order valence-electron chi connectivity index (χ1n) is 11.7. The molecule has 0 bridgehead atoms. The third kappa shape index (κ3) is 4.73. The molecule has 4 aromatic rings. The van der Waals surface area contributed by atoms with Crippen molar-refractivity contribution < 1.29 is 14.3 Å². The van der Waals surface area contributed by atoms with Crippen LogP contribution in [0.4, 0.5) is 5.00 Å². The number of nitrogens with zero attached hydrogens (tertiary/aromatic N) is 1. The zero-order chi connectivity index (χ0) is 25.3. The predicted octanol–water partition coefficient (Wildman–Crippen LogP) is 7.90. The van der Waals surface area contributed by atoms with E-state index in [1.807, 2.05) is 54.1 Å². The van der Waals surface area contributed by atoms with E-state index in [0.717, 1.165) is 27.6 Å². The van der Waals surface area contributed by atoms with Gasteiger partial charge in [0, 0.05) is 33.4 Å². The van der Waals surface area contributed by atoms with E-state index in [1.165, 1.54) is 16.9 Å². The van der Waals surface area contributed by atoms with Gasteiger partial charge in [-0.15, -0.1) is 11.3 Å². The molecule has 7 heteroatoms. The number of aromatic nitrogens is 1. The quantitative estimate of drug-likeness (QED) is 0.258. The van der Waals surface area contributed by atoms with Crippen LogP contribution in [0.25, 0.3) is 22.0 Å². The van der Waals surface area contributed by atoms with Crippen LogP contribution in [0.1, 0.15) is 65.6 Å². The number of halogens is 1. The van der Waals surface area contributed by atoms with Crippen LogP contribution in [0.2, 0.25) is 5.02 Å². The number of anilines is 1. The fourth-order valence-corrected chi connectivity index (χ4v) is 5.52. The summed E-state index contributed by atoms with van der Waals surface area (Å²) in [6.07, 6.45) is 0. The lowest BCUT2D eigenvalue weighted by Gasteiger charge is -2.12. The van der Waals surface area contributed by atoms with Gasteiger partial charge in [-0.05, 0) is 61.6 Å². The zero-order valence-corrected chi connectivity index (χ0v) is 22.1. The van der Waals surface area contributed by atoms with Crippen LogP contribution in [0, 0.1) is 6.92 Å². The molecule has 2 aromatic heterocycles. The van der Waals surface area contributed by atoms with E-state index in [1.54, 1.807) is 6.92 Å². The minimum Gasteiger partial charge on any atom is -0.462 e. The SMILES string of the molecule is CCOC(=O)c1c(-c2ccc(C(C)C)cc2)csc1NC(=O)c1c(C)c2cc(Cl)ccc2n1CC. The number of carbonyl (C=O) groups is 2. The molecule has 2 aromatic carbocycles. The monoisotopic (exact) mass is 508 g/mol. The number of rotatable bonds is 7. The van der Waals surface area contributed by atoms with Gasteiger partial charge in [0.15, 0.2) is 0 Å². The van der Waals surface area contributed by atoms with Gasteiger partial charge in [-0.2, -0.15) is 0 Å². The Morgan fingerprint density at radius 2 is 1.83 bits per heavy atom. The maximum atomic E-state index is 13.6. The maximum absolute atomic E-state index is 13.6. The van der Waals surface area contributed by atoms with Crippen LogP contribution in [0.15, 0.2) is 47.8 Å². The second-order valence-electron chi connectivity index (χ2n) is 8.68. The largest absolute Gasteiger partial charge is 0.462 e. The summed E-state index contributed by atoms with van der Waals surface area (Å²) in [5.41, 5.74) is 5.60. The van der Waals surface area contributed by atoms with Gasteiger partial charge in [0.2, 0.25) is 0 Å². The lowest BCUT2D eigenvalue weighted by Crippen LogP contribution is -2.19. The van der Waals surface area contributed by atoms with Crippen molar-refractivity contribution in [3.63, 3.8) is 0 Å². The van der Waals surface area contributed by atoms with Crippen LogP contribution in [-0.4, -0.2) is 23.1 Å². The summed E-state index contributed by atoms with van der Waals surface area (Å²) in [5.74, 6) is -0.313. The van der Waals surface area contributed by atoms with Gasteiger partial charge in [0.1, 0.15) is 16.3 Å². The number of aryl methyl sites for hydroxylation is 2. The number of ether oxygens (including phenoxy) is 1. The molecule has 0 fully saturated rings. The highest BCUT2D eigenvalue weighted by Gasteiger charge is 2.26. The van der Waals surface area contributed by atoms with E-state index < -0.39 is 5.97 Å². The maximum Gasteiger partial charge on any atom is 0.341 e. The molecule has 0 unspecified atom stereocenters. The van der Waals surface area contributed by atoms with Crippen molar-refractivity contribution in [1.29, 1.82) is 0 Å². The summed E-state index contributed by atoms with van der Waals surface area (Å²) >= 11 is 7.54. The average molecular weight is 509 g/mol. The molecule has 35 heavy (non-hydrogen) atoms. The lowest BCUT2D eigenvalue weighted by molar-refractivity contribution is 0.0529. The molecule has 2 heterocycles. The zero-order valence-electron chi connectivity index (χ0n) is 20.6. The Bertz CT molecular complexity index is 1400. The molecule has 1 N–H and O–H groups in total. The number of thiophene rings is 1. The highest BCUT2D eigenvalue weighted by atomic mass is 35.5. The molecular weight excluding hydrogens is 480 g/mol. The van der Waals surface area contributed by atoms with Crippen LogP contribution in [0.5, 0.6) is 0 Å². The standard InChI is InChI=1S/C28H29ClN2O3S/c1-6-31-23-13-12-20(29)14-21(23)17(5)25(31)26(32)30-27-24(28(33)34-7-2)22(15-35-27)19-10-8-18(9-11-19)16(3)4/h8-16H,6-7H2,1-5H3,(H,30,32). The van der Waals surface area contributed by atoms with E-state index in [9.17, 15) is 9.59 Å². The number of hydrogen-bond donors (Lipinski definition) is 1. The Hall–Kier alpha value is -3.09. The van der Waals surface area contributed by atoms with Gasteiger partial charge in [-0.25, -0.2) is 4.79 Å². The first-order chi connectivity index (χ1) is 16.8. The van der Waals surface area contributed by atoms with Crippen molar-refractivity contribution in [2.24, 2.45) is 0 Å². The number of amides is 1. The molecule has 0 saturated carbocycles. The second-order valence-corrected chi connectivity index (χ2v) is 10.0. The molecule has 182 valence electrons. The Labute approximate surface area is 214 Å². The molecule has 0 saturated heterocycles. The van der Waals surface area contributed by atoms with Crippen molar-refractivity contribution in [3.05, 3.63) is 75.3 Å². The van der Waals surface area contributed by atoms with Gasteiger partial charge in [0.25, 0.3) is 5.91 Å². The summed E-state index contributed by atoms with van der Waals surface area (Å²) in [6.45, 7) is 10.8. The van der Waals surface area contributed by atoms with E-state index in [0.29, 0.717) is 33.7 Å². The highest BCUT2D eigenvalue weighted by molar-refractivity contribution is 7.15. The van der Waals surface area contributed by atoms with Gasteiger partial charge in [-0.1, -0.05) is 49.7 Å². The molecule has 0 radical (unpaired) electrons. The summed E-state index contributed by atoms with van der Waals surface area (Å²) in [7, 11) is 0. The number of fused-ring (bicyclic) bond motifs is 1. The smallest absolute Gasteiger partial charge is 0.341 e. The molecule has 4 rings (SSSR count). The van der Waals surface area contributed by atoms with Crippen LogP contribution in [0.3, 0.4) is 0 Å². The van der Waals surface area contributed by atoms with Crippen LogP contribution >= 0.6 is 22.9 Å². The first kappa shape index (κ1) is 25.0. The molecule has 5 nitrogen and oxygen atoms in total. The molecule has 0 aliphatic heterocycles. The van der Waals surface area contributed by atoms with Gasteiger partial charge in [-0.3, -0.25) is 4.79 Å². The first-order valence-corrected chi connectivity index (χ1v) is 13.0. The Balaban J connectivity index is 1.76. The summed E-state index contributed by atoms with van der Waals surface area (Å²) in [4.78, 5) is 26.6. The predicted molar refractivity (Wildman–Crippen MR) is 145 cm³/mol. The van der Waals surface area contributed by atoms with Crippen molar-refractivity contribution >= 4 is 50.7 Å². The number of benzene rings is 2. The lowest BCUT2D eigenvalue weighted by atomic mass is 9.98. The Kier molecular flexibility index (Phi) is 7.33. The van der Waals surface area contributed by atoms with E-state index >= 15 is 0 Å². The number of esters is 1. The van der Waals surface area contributed by atoms with E-state index in [4.69, 9.17) is 16.3 Å². The number of nitrogens with one attached hydrogen (secondary N) is 1. The summed E-state index contributed by atoms with van der Waals surface area (Å²) < 4.78 is 7.34. The molecule has 0 atom stereocenters. The van der Waals surface area contributed by atoms with Gasteiger partial charge in [0.05, 0.1) is 6.61 Å². The van der Waals surface area contributed by atoms with Crippen LogP contribution in [-0.2, 0) is 11.3 Å². The van der Waals surface area contributed by atoms with Crippen molar-refractivity contribution in [3.8, 4) is 11.1 Å². The minimum absolute atomic E-state index is 0.248. The Morgan fingerprint density at radius 3 is 2.46 bits per heavy atom. The third-order valence-electron chi connectivity index (χ3n) is 6.20. The van der Waals surface area contributed by atoms with E-state index in [-0.39, 0.29) is 12.5 Å². The van der Waals surface area contributed by atoms with E-state index in [2.05, 4.69) is 31.3 Å². The Morgan fingerprint density at radius 1 is 1.11 bits per heavy atom. The third-order valence-corrected chi connectivity index (χ3v) is 7.33. The highest BCUT2D eigenvalue weighted by Crippen LogP contribution is 2.38. The molecule has 0 aliphatic rings. The fraction of sp³-hybridized carbons (Fsp3) is 0.286. The topological polar surface area (TPSA) is 60.3 Å². The summed E-state index contributed by atoms with van der Waals surface area (Å²) in [6, 6.07) is 13.8. The molecular formula is C28H29ClN2O3S. The minimum atomic E-state index is -0.452. The van der Waals surface area contributed by atoms with Gasteiger partial charge < -0.3 is 14.6 Å². The van der Waals surface area contributed by atoms with Crippen molar-refractivity contribution in [1.82, 2.24) is 4.57 Å². The molecule has 1 amide bonds. The fourth-order valence-electron chi connectivity index (χ4n) is 4.39. The number of hydrogen-bond acceptors (Lipinski definition) is 4. The summed E-state index contributed by atoms with van der Waals surface area (Å²) in [5, 5.41) is 6.93. The average Bonchev–Trinajstić information content (AvgIpc) is 3.37. The van der Waals surface area contributed by atoms with Gasteiger partial charge >= 0.3 is 5.97 Å². The van der Waals surface area contributed by atoms with Crippen LogP contribution < -0.4 is 5.32 Å². The second kappa shape index (κ2) is 10.3. The van der Waals surface area contributed by atoms with Crippen molar-refractivity contribution in [2.45, 2.75) is 47.1 Å². The normalized spacial score (nSPS) is 11.3.